The van der Waals surface area contributed by atoms with Gasteiger partial charge in [-0.1, -0.05) is 6.07 Å². The maximum atomic E-state index is 11.9. The molecule has 7 heteroatoms. The van der Waals surface area contributed by atoms with E-state index in [1.165, 1.54) is 0 Å². The predicted molar refractivity (Wildman–Crippen MR) is 97.2 cm³/mol. The first kappa shape index (κ1) is 17.0. The number of rotatable bonds is 6. The molecule has 0 fully saturated rings. The summed E-state index contributed by atoms with van der Waals surface area (Å²) in [7, 11) is 0. The molecule has 0 spiro atoms. The summed E-state index contributed by atoms with van der Waals surface area (Å²) >= 11 is 0. The Balaban J connectivity index is 1.81. The Morgan fingerprint density at radius 3 is 2.76 bits per heavy atom. The fraction of sp³-hybridized carbons (Fsp3) is 0.333. The van der Waals surface area contributed by atoms with Crippen LogP contribution in [0.25, 0.3) is 5.69 Å². The molecule has 0 radical (unpaired) electrons. The summed E-state index contributed by atoms with van der Waals surface area (Å²) in [6.07, 6.45) is 1.70. The SMILES string of the molecule is Cc1nn(CCO)c(C)c1CNc1cccc(-n2c(C)c[nH]c2=O)c1. The monoisotopic (exact) mass is 341 g/mol. The fourth-order valence-corrected chi connectivity index (χ4v) is 3.02. The number of aliphatic hydroxyl groups excluding tert-OH is 1. The first-order valence-electron chi connectivity index (χ1n) is 8.26. The van der Waals surface area contributed by atoms with Crippen LogP contribution in [0.1, 0.15) is 22.6 Å². The molecule has 0 saturated heterocycles. The van der Waals surface area contributed by atoms with Crippen LogP contribution in [-0.2, 0) is 13.1 Å². The number of aromatic amines is 1. The highest BCUT2D eigenvalue weighted by Crippen LogP contribution is 2.18. The number of H-pyrrole nitrogens is 1. The Bertz CT molecular complexity index is 935. The van der Waals surface area contributed by atoms with Crippen LogP contribution in [0.15, 0.2) is 35.3 Å². The molecule has 2 aromatic heterocycles. The zero-order valence-corrected chi connectivity index (χ0v) is 14.7. The summed E-state index contributed by atoms with van der Waals surface area (Å²) in [5.41, 5.74) is 5.58. The van der Waals surface area contributed by atoms with Crippen LogP contribution >= 0.6 is 0 Å². The molecule has 3 aromatic rings. The molecule has 25 heavy (non-hydrogen) atoms. The number of anilines is 1. The number of aromatic nitrogens is 4. The minimum absolute atomic E-state index is 0.0711. The van der Waals surface area contributed by atoms with E-state index in [1.54, 1.807) is 10.8 Å². The third kappa shape index (κ3) is 3.36. The van der Waals surface area contributed by atoms with Gasteiger partial charge in [0.2, 0.25) is 0 Å². The van der Waals surface area contributed by atoms with E-state index in [9.17, 15) is 4.79 Å². The highest BCUT2D eigenvalue weighted by atomic mass is 16.3. The number of nitrogens with zero attached hydrogens (tertiary/aromatic N) is 3. The zero-order chi connectivity index (χ0) is 18.0. The Labute approximate surface area is 145 Å². The van der Waals surface area contributed by atoms with Gasteiger partial charge in [-0.05, 0) is 39.0 Å². The van der Waals surface area contributed by atoms with Crippen LogP contribution in [0.3, 0.4) is 0 Å². The summed E-state index contributed by atoms with van der Waals surface area (Å²) in [5, 5.41) is 17.0. The number of imidazole rings is 1. The molecule has 0 atom stereocenters. The van der Waals surface area contributed by atoms with Crippen molar-refractivity contribution in [3.63, 3.8) is 0 Å². The zero-order valence-electron chi connectivity index (χ0n) is 14.7. The van der Waals surface area contributed by atoms with Crippen molar-refractivity contribution in [2.45, 2.75) is 33.9 Å². The molecule has 0 amide bonds. The van der Waals surface area contributed by atoms with Gasteiger partial charge in [0.05, 0.1) is 24.5 Å². The van der Waals surface area contributed by atoms with Gasteiger partial charge in [0.25, 0.3) is 0 Å². The minimum atomic E-state index is -0.147. The Morgan fingerprint density at radius 1 is 1.28 bits per heavy atom. The first-order valence-corrected chi connectivity index (χ1v) is 8.26. The van der Waals surface area contributed by atoms with Gasteiger partial charge < -0.3 is 15.4 Å². The number of nitrogens with one attached hydrogen (secondary N) is 2. The first-order chi connectivity index (χ1) is 12.0. The number of aryl methyl sites for hydroxylation is 2. The standard InChI is InChI=1S/C18H23N5O2/c1-12-10-20-18(25)23(12)16-6-4-5-15(9-16)19-11-17-13(2)21-22(7-8-24)14(17)3/h4-6,9-10,19,24H,7-8,11H2,1-3H3,(H,20,25). The number of hydrogen-bond donors (Lipinski definition) is 3. The van der Waals surface area contributed by atoms with Crippen molar-refractivity contribution in [3.05, 3.63) is 63.6 Å². The van der Waals surface area contributed by atoms with Gasteiger partial charge in [0.1, 0.15) is 0 Å². The summed E-state index contributed by atoms with van der Waals surface area (Å²) in [6, 6.07) is 7.75. The van der Waals surface area contributed by atoms with Crippen molar-refractivity contribution in [3.8, 4) is 5.69 Å². The van der Waals surface area contributed by atoms with Crippen molar-refractivity contribution in [1.82, 2.24) is 19.3 Å². The molecule has 132 valence electrons. The van der Waals surface area contributed by atoms with Crippen LogP contribution in [0, 0.1) is 20.8 Å². The maximum Gasteiger partial charge on any atom is 0.330 e. The van der Waals surface area contributed by atoms with Crippen molar-refractivity contribution in [2.75, 3.05) is 11.9 Å². The van der Waals surface area contributed by atoms with Crippen molar-refractivity contribution < 1.29 is 5.11 Å². The highest BCUT2D eigenvalue weighted by Gasteiger charge is 2.11. The summed E-state index contributed by atoms with van der Waals surface area (Å²) < 4.78 is 3.46. The average molecular weight is 341 g/mol. The normalized spacial score (nSPS) is 11.0. The summed E-state index contributed by atoms with van der Waals surface area (Å²) in [4.78, 5) is 14.6. The van der Waals surface area contributed by atoms with Crippen LogP contribution in [0.2, 0.25) is 0 Å². The van der Waals surface area contributed by atoms with Gasteiger partial charge in [-0.2, -0.15) is 5.10 Å². The molecule has 3 N–H and O–H groups in total. The van der Waals surface area contributed by atoms with Crippen molar-refractivity contribution >= 4 is 5.69 Å². The Kier molecular flexibility index (Phi) is 4.76. The third-order valence-electron chi connectivity index (χ3n) is 4.38. The lowest BCUT2D eigenvalue weighted by atomic mass is 10.2. The smallest absolute Gasteiger partial charge is 0.330 e. The molecule has 0 saturated carbocycles. The van der Waals surface area contributed by atoms with E-state index in [2.05, 4.69) is 15.4 Å². The molecule has 3 rings (SSSR count). The second kappa shape index (κ2) is 6.98. The van der Waals surface area contributed by atoms with E-state index >= 15 is 0 Å². The van der Waals surface area contributed by atoms with Crippen LogP contribution in [0.5, 0.6) is 0 Å². The van der Waals surface area contributed by atoms with Crippen LogP contribution in [-0.4, -0.2) is 31.0 Å². The molecule has 7 nitrogen and oxygen atoms in total. The Morgan fingerprint density at radius 2 is 2.08 bits per heavy atom. The molecule has 2 heterocycles. The van der Waals surface area contributed by atoms with Gasteiger partial charge in [-0.3, -0.25) is 9.25 Å². The van der Waals surface area contributed by atoms with E-state index < -0.39 is 0 Å². The second-order valence-corrected chi connectivity index (χ2v) is 6.07. The van der Waals surface area contributed by atoms with Gasteiger partial charge in [-0.15, -0.1) is 0 Å². The van der Waals surface area contributed by atoms with E-state index in [0.717, 1.165) is 34.0 Å². The molecule has 0 unspecified atom stereocenters. The maximum absolute atomic E-state index is 11.9. The predicted octanol–water partition coefficient (Wildman–Crippen LogP) is 1.89. The molecular formula is C18H23N5O2. The lowest BCUT2D eigenvalue weighted by Crippen LogP contribution is -2.16. The molecule has 0 aliphatic rings. The molecule has 0 bridgehead atoms. The van der Waals surface area contributed by atoms with E-state index in [0.29, 0.717) is 13.1 Å². The lowest BCUT2D eigenvalue weighted by Gasteiger charge is -2.10. The topological polar surface area (TPSA) is 87.9 Å². The summed E-state index contributed by atoms with van der Waals surface area (Å²) in [5.74, 6) is 0. The quantitative estimate of drug-likeness (QED) is 0.639. The van der Waals surface area contributed by atoms with E-state index in [-0.39, 0.29) is 12.3 Å². The van der Waals surface area contributed by atoms with Crippen molar-refractivity contribution in [2.24, 2.45) is 0 Å². The van der Waals surface area contributed by atoms with Gasteiger partial charge in [0, 0.05) is 35.4 Å². The van der Waals surface area contributed by atoms with E-state index in [4.69, 9.17) is 5.11 Å². The minimum Gasteiger partial charge on any atom is -0.394 e. The average Bonchev–Trinajstić information content (AvgIpc) is 3.06. The third-order valence-corrected chi connectivity index (χ3v) is 4.38. The number of benzene rings is 1. The molecule has 0 aliphatic carbocycles. The van der Waals surface area contributed by atoms with Gasteiger partial charge >= 0.3 is 5.69 Å². The number of aliphatic hydroxyl groups is 1. The van der Waals surface area contributed by atoms with Crippen molar-refractivity contribution in [1.29, 1.82) is 0 Å². The Hall–Kier alpha value is -2.80. The number of hydrogen-bond acceptors (Lipinski definition) is 4. The second-order valence-electron chi connectivity index (χ2n) is 6.07. The largest absolute Gasteiger partial charge is 0.394 e. The van der Waals surface area contributed by atoms with Crippen LogP contribution in [0.4, 0.5) is 5.69 Å². The van der Waals surface area contributed by atoms with Gasteiger partial charge in [-0.25, -0.2) is 4.79 Å². The summed E-state index contributed by atoms with van der Waals surface area (Å²) in [6.45, 7) is 7.07. The molecule has 1 aromatic carbocycles. The fourth-order valence-electron chi connectivity index (χ4n) is 3.02. The lowest BCUT2D eigenvalue weighted by molar-refractivity contribution is 0.268. The molecule has 0 aliphatic heterocycles. The van der Waals surface area contributed by atoms with Gasteiger partial charge in [0.15, 0.2) is 0 Å². The van der Waals surface area contributed by atoms with E-state index in [1.807, 2.05) is 49.7 Å². The van der Waals surface area contributed by atoms with Crippen LogP contribution < -0.4 is 11.0 Å². The highest BCUT2D eigenvalue weighted by molar-refractivity contribution is 5.52. The molecular weight excluding hydrogens is 318 g/mol.